The molecule has 0 spiro atoms. The topological polar surface area (TPSA) is 90.0 Å². The second kappa shape index (κ2) is 9.68. The van der Waals surface area contributed by atoms with Gasteiger partial charge in [-0.3, -0.25) is 9.69 Å². The fraction of sp³-hybridized carbons (Fsp3) is 0.273. The van der Waals surface area contributed by atoms with Crippen LogP contribution in [-0.4, -0.2) is 55.3 Å². The Morgan fingerprint density at radius 2 is 1.88 bits per heavy atom. The van der Waals surface area contributed by atoms with Gasteiger partial charge in [0.15, 0.2) is 15.9 Å². The van der Waals surface area contributed by atoms with Crippen molar-refractivity contribution < 1.29 is 27.5 Å². The van der Waals surface area contributed by atoms with Gasteiger partial charge in [-0.15, -0.1) is 11.8 Å². The van der Waals surface area contributed by atoms with Crippen molar-refractivity contribution in [3.63, 3.8) is 0 Å². The van der Waals surface area contributed by atoms with E-state index in [1.807, 2.05) is 0 Å². The van der Waals surface area contributed by atoms with E-state index in [2.05, 4.69) is 0 Å². The van der Waals surface area contributed by atoms with E-state index in [9.17, 15) is 18.0 Å². The Morgan fingerprint density at radius 1 is 1.15 bits per heavy atom. The molecule has 7 nitrogen and oxygen atoms in total. The number of hydrogen-bond donors (Lipinski definition) is 0. The Balaban J connectivity index is 1.63. The monoisotopic (exact) mass is 527 g/mol. The fourth-order valence-corrected chi connectivity index (χ4v) is 6.88. The third-order valence-corrected chi connectivity index (χ3v) is 9.04. The Hall–Kier alpha value is -2.04. The normalized spacial score (nSPS) is 20.3. The molecule has 1 amide bonds. The summed E-state index contributed by atoms with van der Waals surface area (Å²) in [6.45, 7) is -0.120. The summed E-state index contributed by atoms with van der Waals surface area (Å²) >= 11 is 13.3. The highest BCUT2D eigenvalue weighted by atomic mass is 35.5. The third-order valence-electron chi connectivity index (χ3n) is 5.27. The molecule has 2 aromatic rings. The van der Waals surface area contributed by atoms with Crippen molar-refractivity contribution >= 4 is 56.7 Å². The summed E-state index contributed by atoms with van der Waals surface area (Å²) in [5.41, 5.74) is 0.863. The van der Waals surface area contributed by atoms with E-state index in [-0.39, 0.29) is 23.0 Å². The number of β-lactam (4-membered cyclic amide) rings is 1. The predicted octanol–water partition coefficient (Wildman–Crippen LogP) is 3.69. The molecule has 0 radical (unpaired) electrons. The molecule has 2 aliphatic rings. The highest BCUT2D eigenvalue weighted by Crippen LogP contribution is 2.42. The lowest BCUT2D eigenvalue weighted by atomic mass is 10.1. The Kier molecular flexibility index (Phi) is 7.07. The maximum absolute atomic E-state index is 13.1. The summed E-state index contributed by atoms with van der Waals surface area (Å²) < 4.78 is 36.6. The van der Waals surface area contributed by atoms with Crippen LogP contribution >= 0.6 is 35.0 Å². The molecule has 0 saturated carbocycles. The van der Waals surface area contributed by atoms with Crippen LogP contribution in [0.1, 0.15) is 5.56 Å². The molecule has 0 unspecified atom stereocenters. The van der Waals surface area contributed by atoms with E-state index in [4.69, 9.17) is 32.7 Å². The second-order valence-electron chi connectivity index (χ2n) is 7.42. The van der Waals surface area contributed by atoms with Crippen LogP contribution in [0.4, 0.5) is 0 Å². The van der Waals surface area contributed by atoms with Crippen LogP contribution in [-0.2, 0) is 35.5 Å². The Bertz CT molecular complexity index is 1230. The number of hydrogen-bond acceptors (Lipinski definition) is 7. The first kappa shape index (κ1) is 24.1. The van der Waals surface area contributed by atoms with Gasteiger partial charge in [-0.05, 0) is 35.4 Å². The molecule has 2 aromatic carbocycles. The van der Waals surface area contributed by atoms with Crippen molar-refractivity contribution in [1.82, 2.24) is 4.90 Å². The van der Waals surface area contributed by atoms with Crippen LogP contribution in [0.2, 0.25) is 10.0 Å². The molecule has 0 N–H and O–H groups in total. The summed E-state index contributed by atoms with van der Waals surface area (Å²) in [5, 5.41) is 0.263. The Labute approximate surface area is 205 Å². The smallest absolute Gasteiger partial charge is 0.355 e. The van der Waals surface area contributed by atoms with E-state index >= 15 is 0 Å². The van der Waals surface area contributed by atoms with Gasteiger partial charge in [-0.25, -0.2) is 13.2 Å². The number of methoxy groups -OCH3 is 1. The van der Waals surface area contributed by atoms with Crippen molar-refractivity contribution in [2.24, 2.45) is 0 Å². The number of carbonyl (C=O) groups excluding carboxylic acids is 2. The number of rotatable bonds is 7. The first-order valence-corrected chi connectivity index (χ1v) is 13.3. The van der Waals surface area contributed by atoms with Gasteiger partial charge < -0.3 is 9.47 Å². The summed E-state index contributed by atoms with van der Waals surface area (Å²) in [6.07, 6.45) is -0.694. The number of amides is 1. The van der Waals surface area contributed by atoms with Gasteiger partial charge in [0.25, 0.3) is 5.91 Å². The summed E-state index contributed by atoms with van der Waals surface area (Å²) in [5.74, 6) is -1.36. The molecule has 0 aliphatic carbocycles. The fourth-order valence-electron chi connectivity index (χ4n) is 3.62. The van der Waals surface area contributed by atoms with Crippen molar-refractivity contribution in [2.45, 2.75) is 23.0 Å². The number of carbonyl (C=O) groups is 2. The maximum Gasteiger partial charge on any atom is 0.355 e. The van der Waals surface area contributed by atoms with Crippen LogP contribution in [0, 0.1) is 0 Å². The zero-order valence-electron chi connectivity index (χ0n) is 17.4. The van der Waals surface area contributed by atoms with E-state index in [1.165, 1.54) is 35.9 Å². The van der Waals surface area contributed by atoms with Crippen LogP contribution in [0.3, 0.4) is 0 Å². The van der Waals surface area contributed by atoms with Crippen molar-refractivity contribution in [1.29, 1.82) is 0 Å². The number of fused-ring (bicyclic) bond motifs is 1. The van der Waals surface area contributed by atoms with Crippen molar-refractivity contribution in [2.75, 3.05) is 18.6 Å². The zero-order valence-corrected chi connectivity index (χ0v) is 20.5. The highest BCUT2D eigenvalue weighted by molar-refractivity contribution is 8.00. The molecule has 0 aromatic heterocycles. The van der Waals surface area contributed by atoms with E-state index < -0.39 is 38.9 Å². The zero-order chi connectivity index (χ0) is 23.8. The molecule has 2 heterocycles. The van der Waals surface area contributed by atoms with Crippen LogP contribution in [0.15, 0.2) is 64.7 Å². The first-order chi connectivity index (χ1) is 15.7. The molecule has 4 rings (SSSR count). The number of esters is 1. The minimum Gasteiger partial charge on any atom is -0.456 e. The average molecular weight is 528 g/mol. The lowest BCUT2D eigenvalue weighted by Gasteiger charge is -2.48. The number of sulfone groups is 1. The van der Waals surface area contributed by atoms with Gasteiger partial charge >= 0.3 is 5.97 Å². The average Bonchev–Trinajstić information content (AvgIpc) is 2.80. The quantitative estimate of drug-likeness (QED) is 0.400. The molecule has 174 valence electrons. The molecule has 11 heteroatoms. The molecule has 2 atom stereocenters. The highest BCUT2D eigenvalue weighted by Gasteiger charge is 2.54. The van der Waals surface area contributed by atoms with E-state index in [1.54, 1.807) is 36.4 Å². The molecule has 1 fully saturated rings. The standard InChI is InChI=1S/C22H19Cl2NO6S2/c1-30-19-20(26)25-18(22(27)31-10-13-7-8-16(23)17(24)9-13)14(11-32-21(19)25)12-33(28,29)15-5-3-2-4-6-15/h2-9,19,21H,10-12H2,1H3/t19-,21+/m0/s1. The number of ether oxygens (including phenoxy) is 2. The molecule has 2 aliphatic heterocycles. The van der Waals surface area contributed by atoms with Gasteiger partial charge in [0, 0.05) is 12.9 Å². The van der Waals surface area contributed by atoms with Crippen LogP contribution in [0.5, 0.6) is 0 Å². The molecule has 1 saturated heterocycles. The number of benzene rings is 2. The molecule has 0 bridgehead atoms. The second-order valence-corrected chi connectivity index (χ2v) is 11.3. The van der Waals surface area contributed by atoms with Crippen LogP contribution in [0.25, 0.3) is 0 Å². The minimum atomic E-state index is -3.74. The SMILES string of the molecule is CO[C@H]1C(=O)N2C(C(=O)OCc3ccc(Cl)c(Cl)c3)=C(CS(=O)(=O)c3ccccc3)CS[C@H]12. The maximum atomic E-state index is 13.1. The largest absolute Gasteiger partial charge is 0.456 e. The van der Waals surface area contributed by atoms with Gasteiger partial charge in [0.2, 0.25) is 0 Å². The lowest BCUT2D eigenvalue weighted by molar-refractivity contribution is -0.163. The van der Waals surface area contributed by atoms with Gasteiger partial charge in [-0.2, -0.15) is 0 Å². The van der Waals surface area contributed by atoms with E-state index in [0.717, 1.165) is 0 Å². The van der Waals surface area contributed by atoms with Gasteiger partial charge in [0.05, 0.1) is 20.7 Å². The Morgan fingerprint density at radius 3 is 2.55 bits per heavy atom. The lowest BCUT2D eigenvalue weighted by Crippen LogP contribution is -2.65. The van der Waals surface area contributed by atoms with E-state index in [0.29, 0.717) is 21.2 Å². The molecular weight excluding hydrogens is 509 g/mol. The number of nitrogens with zero attached hydrogens (tertiary/aromatic N) is 1. The third kappa shape index (κ3) is 4.79. The van der Waals surface area contributed by atoms with Gasteiger partial charge in [0.1, 0.15) is 17.7 Å². The van der Waals surface area contributed by atoms with Crippen molar-refractivity contribution in [3.8, 4) is 0 Å². The predicted molar refractivity (Wildman–Crippen MR) is 126 cm³/mol. The number of halogens is 2. The summed E-state index contributed by atoms with van der Waals surface area (Å²) in [6, 6.07) is 12.8. The van der Waals surface area contributed by atoms with Gasteiger partial charge in [-0.1, -0.05) is 47.5 Å². The number of thioether (sulfide) groups is 1. The molecular formula is C22H19Cl2NO6S2. The summed E-state index contributed by atoms with van der Waals surface area (Å²) in [4.78, 5) is 27.2. The molecule has 33 heavy (non-hydrogen) atoms. The van der Waals surface area contributed by atoms with Crippen LogP contribution < -0.4 is 0 Å². The van der Waals surface area contributed by atoms with Crippen molar-refractivity contribution in [3.05, 3.63) is 75.4 Å². The first-order valence-electron chi connectivity index (χ1n) is 9.81. The summed E-state index contributed by atoms with van der Waals surface area (Å²) in [7, 11) is -2.32. The minimum absolute atomic E-state index is 0.0448.